The second-order valence-electron chi connectivity index (χ2n) is 6.28. The van der Waals surface area contributed by atoms with Crippen molar-refractivity contribution in [3.63, 3.8) is 0 Å². The third kappa shape index (κ3) is 3.98. The minimum Gasteiger partial charge on any atom is -0.388 e. The summed E-state index contributed by atoms with van der Waals surface area (Å²) in [6.45, 7) is 2.93. The van der Waals surface area contributed by atoms with Crippen LogP contribution in [0.2, 0.25) is 0 Å². The Kier molecular flexibility index (Phi) is 5.07. The summed E-state index contributed by atoms with van der Waals surface area (Å²) in [5, 5.41) is 19.4. The van der Waals surface area contributed by atoms with E-state index in [9.17, 15) is 5.11 Å². The van der Waals surface area contributed by atoms with Gasteiger partial charge in [0.1, 0.15) is 0 Å². The van der Waals surface area contributed by atoms with Crippen LogP contribution < -0.4 is 0 Å². The van der Waals surface area contributed by atoms with E-state index in [4.69, 9.17) is 5.26 Å². The summed E-state index contributed by atoms with van der Waals surface area (Å²) in [5.74, 6) is 0.342. The van der Waals surface area contributed by atoms with E-state index >= 15 is 0 Å². The van der Waals surface area contributed by atoms with Crippen LogP contribution in [0.15, 0.2) is 54.6 Å². The van der Waals surface area contributed by atoms with Crippen molar-refractivity contribution in [2.75, 3.05) is 13.1 Å². The average molecular weight is 306 g/mol. The van der Waals surface area contributed by atoms with Crippen molar-refractivity contribution < 1.29 is 5.11 Å². The lowest BCUT2D eigenvalue weighted by Crippen LogP contribution is -2.35. The Balaban J connectivity index is 1.53. The van der Waals surface area contributed by atoms with E-state index in [1.807, 2.05) is 54.6 Å². The largest absolute Gasteiger partial charge is 0.388 e. The maximum atomic E-state index is 10.5. The first-order chi connectivity index (χ1) is 11.3. The molecule has 1 saturated heterocycles. The Morgan fingerprint density at radius 3 is 2.30 bits per heavy atom. The van der Waals surface area contributed by atoms with Gasteiger partial charge in [0.25, 0.3) is 0 Å². The SMILES string of the molecule is N#Cc1ccc(CN2CCC([C@H](O)c3ccccc3)CC2)cc1. The van der Waals surface area contributed by atoms with E-state index in [-0.39, 0.29) is 6.10 Å². The van der Waals surface area contributed by atoms with Crippen molar-refractivity contribution in [1.29, 1.82) is 5.26 Å². The van der Waals surface area contributed by atoms with Gasteiger partial charge in [-0.25, -0.2) is 0 Å². The number of likely N-dealkylation sites (tertiary alicyclic amines) is 1. The summed E-state index contributed by atoms with van der Waals surface area (Å²) in [4.78, 5) is 2.43. The summed E-state index contributed by atoms with van der Waals surface area (Å²) in [5.41, 5.74) is 2.97. The maximum absolute atomic E-state index is 10.5. The molecule has 1 atom stereocenters. The average Bonchev–Trinajstić information content (AvgIpc) is 2.63. The first kappa shape index (κ1) is 15.7. The van der Waals surface area contributed by atoms with Crippen molar-refractivity contribution >= 4 is 0 Å². The second kappa shape index (κ2) is 7.41. The van der Waals surface area contributed by atoms with Gasteiger partial charge in [-0.1, -0.05) is 42.5 Å². The maximum Gasteiger partial charge on any atom is 0.0991 e. The van der Waals surface area contributed by atoms with Crippen LogP contribution in [0.4, 0.5) is 0 Å². The van der Waals surface area contributed by atoms with Crippen molar-refractivity contribution in [3.8, 4) is 6.07 Å². The molecule has 0 unspecified atom stereocenters. The molecule has 0 spiro atoms. The van der Waals surface area contributed by atoms with Crippen LogP contribution in [-0.4, -0.2) is 23.1 Å². The topological polar surface area (TPSA) is 47.3 Å². The molecule has 2 aromatic carbocycles. The monoisotopic (exact) mass is 306 g/mol. The summed E-state index contributed by atoms with van der Waals surface area (Å²) in [6, 6.07) is 19.9. The number of hydrogen-bond acceptors (Lipinski definition) is 3. The fraction of sp³-hybridized carbons (Fsp3) is 0.350. The van der Waals surface area contributed by atoms with Crippen LogP contribution in [0.3, 0.4) is 0 Å². The first-order valence-electron chi connectivity index (χ1n) is 8.20. The lowest BCUT2D eigenvalue weighted by atomic mass is 9.87. The van der Waals surface area contributed by atoms with Crippen molar-refractivity contribution in [2.24, 2.45) is 5.92 Å². The zero-order valence-electron chi connectivity index (χ0n) is 13.2. The molecule has 3 rings (SSSR count). The Morgan fingerprint density at radius 1 is 1.04 bits per heavy atom. The van der Waals surface area contributed by atoms with Gasteiger partial charge < -0.3 is 5.11 Å². The zero-order chi connectivity index (χ0) is 16.1. The standard InChI is InChI=1S/C20H22N2O/c21-14-16-6-8-17(9-7-16)15-22-12-10-19(11-13-22)20(23)18-4-2-1-3-5-18/h1-9,19-20,23H,10-13,15H2/t20-/m1/s1. The van der Waals surface area contributed by atoms with Crippen molar-refractivity contribution in [1.82, 2.24) is 4.90 Å². The molecule has 0 aliphatic carbocycles. The number of nitriles is 1. The van der Waals surface area contributed by atoms with E-state index < -0.39 is 0 Å². The highest BCUT2D eigenvalue weighted by atomic mass is 16.3. The smallest absolute Gasteiger partial charge is 0.0991 e. The van der Waals surface area contributed by atoms with Gasteiger partial charge >= 0.3 is 0 Å². The Morgan fingerprint density at radius 2 is 1.70 bits per heavy atom. The van der Waals surface area contributed by atoms with Crippen LogP contribution in [0.1, 0.15) is 35.6 Å². The normalized spacial score (nSPS) is 17.6. The Bertz CT molecular complexity index is 652. The Labute approximate surface area is 137 Å². The number of nitrogens with zero attached hydrogens (tertiary/aromatic N) is 2. The van der Waals surface area contributed by atoms with Crippen LogP contribution in [0, 0.1) is 17.2 Å². The number of rotatable bonds is 4. The molecular formula is C20H22N2O. The third-order valence-corrected chi connectivity index (χ3v) is 4.71. The fourth-order valence-electron chi connectivity index (χ4n) is 3.29. The fourth-order valence-corrected chi connectivity index (χ4v) is 3.29. The molecule has 1 N–H and O–H groups in total. The molecule has 1 heterocycles. The van der Waals surface area contributed by atoms with E-state index in [1.165, 1.54) is 5.56 Å². The summed E-state index contributed by atoms with van der Waals surface area (Å²) >= 11 is 0. The minimum atomic E-state index is -0.353. The minimum absolute atomic E-state index is 0.342. The van der Waals surface area contributed by atoms with Gasteiger partial charge in [0.15, 0.2) is 0 Å². The molecule has 118 valence electrons. The molecule has 0 saturated carbocycles. The van der Waals surface area contributed by atoms with Crippen LogP contribution in [0.25, 0.3) is 0 Å². The summed E-state index contributed by atoms with van der Waals surface area (Å²) in [6.07, 6.45) is 1.69. The quantitative estimate of drug-likeness (QED) is 0.940. The van der Waals surface area contributed by atoms with Crippen molar-refractivity contribution in [3.05, 3.63) is 71.3 Å². The Hall–Kier alpha value is -2.15. The molecule has 0 amide bonds. The van der Waals surface area contributed by atoms with E-state index in [1.54, 1.807) is 0 Å². The molecule has 3 nitrogen and oxygen atoms in total. The van der Waals surface area contributed by atoms with E-state index in [2.05, 4.69) is 11.0 Å². The van der Waals surface area contributed by atoms with Gasteiger partial charge in [0, 0.05) is 6.54 Å². The number of aliphatic hydroxyl groups excluding tert-OH is 1. The van der Waals surface area contributed by atoms with E-state index in [0.717, 1.165) is 38.0 Å². The molecule has 3 heteroatoms. The van der Waals surface area contributed by atoms with Crippen LogP contribution in [-0.2, 0) is 6.54 Å². The highest BCUT2D eigenvalue weighted by Crippen LogP contribution is 2.31. The molecule has 2 aromatic rings. The van der Waals surface area contributed by atoms with Gasteiger partial charge in [0.05, 0.1) is 17.7 Å². The number of aliphatic hydroxyl groups is 1. The molecule has 0 aromatic heterocycles. The lowest BCUT2D eigenvalue weighted by molar-refractivity contribution is 0.0568. The molecule has 0 bridgehead atoms. The summed E-state index contributed by atoms with van der Waals surface area (Å²) < 4.78 is 0. The van der Waals surface area contributed by atoms with Gasteiger partial charge in [0.2, 0.25) is 0 Å². The van der Waals surface area contributed by atoms with Gasteiger partial charge in [-0.2, -0.15) is 5.26 Å². The number of benzene rings is 2. The summed E-state index contributed by atoms with van der Waals surface area (Å²) in [7, 11) is 0. The van der Waals surface area contributed by atoms with E-state index in [0.29, 0.717) is 11.5 Å². The predicted molar refractivity (Wildman–Crippen MR) is 90.6 cm³/mol. The van der Waals surface area contributed by atoms with Crippen molar-refractivity contribution in [2.45, 2.75) is 25.5 Å². The molecule has 23 heavy (non-hydrogen) atoms. The van der Waals surface area contributed by atoms with Crippen LogP contribution in [0.5, 0.6) is 0 Å². The second-order valence-corrected chi connectivity index (χ2v) is 6.28. The van der Waals surface area contributed by atoms with Gasteiger partial charge in [-0.3, -0.25) is 4.90 Å². The molecular weight excluding hydrogens is 284 g/mol. The lowest BCUT2D eigenvalue weighted by Gasteiger charge is -2.34. The van der Waals surface area contributed by atoms with Gasteiger partial charge in [-0.15, -0.1) is 0 Å². The zero-order valence-corrected chi connectivity index (χ0v) is 13.2. The molecule has 0 radical (unpaired) electrons. The number of hydrogen-bond donors (Lipinski definition) is 1. The van der Waals surface area contributed by atoms with Crippen LogP contribution >= 0.6 is 0 Å². The third-order valence-electron chi connectivity index (χ3n) is 4.71. The highest BCUT2D eigenvalue weighted by Gasteiger charge is 2.26. The van der Waals surface area contributed by atoms with Gasteiger partial charge in [-0.05, 0) is 55.1 Å². The molecule has 1 fully saturated rings. The predicted octanol–water partition coefficient (Wildman–Crippen LogP) is 3.50. The first-order valence-corrected chi connectivity index (χ1v) is 8.20. The number of piperidine rings is 1. The molecule has 1 aliphatic heterocycles. The highest BCUT2D eigenvalue weighted by molar-refractivity contribution is 5.31. The molecule has 1 aliphatic rings.